The van der Waals surface area contributed by atoms with E-state index in [1.807, 2.05) is 0 Å². The van der Waals surface area contributed by atoms with E-state index in [9.17, 15) is 24.0 Å². The average molecular weight is 565 g/mol. The molecule has 0 bridgehead atoms. The Balaban J connectivity index is 1.25. The fraction of sp³-hybridized carbons (Fsp3) is 0. The first-order valence-corrected chi connectivity index (χ1v) is 12.4. The Morgan fingerprint density at radius 3 is 2.46 bits per heavy atom. The number of anilines is 4. The van der Waals surface area contributed by atoms with Crippen LogP contribution in [0, 0.1) is 11.0 Å². The van der Waals surface area contributed by atoms with Crippen molar-refractivity contribution in [3.8, 4) is 11.3 Å². The second-order valence-corrected chi connectivity index (χ2v) is 9.36. The van der Waals surface area contributed by atoms with Gasteiger partial charge in [-0.3, -0.25) is 24.9 Å². The molecule has 0 saturated carbocycles. The molecule has 13 heteroatoms. The standard InChI is InChI=1S/C26H16ClFN5O5S/c27-21-22(25(36)32(24(21)35)18-10-6-16(28)7-11-18)29-17-8-4-14(5-9-17)23(34)31-26-30-20(13-39-26)15-2-1-3-19(12-15)33(37)38/h1-13,29,37H,(H,30,31,34)/q-1. The number of carbonyl (C=O) groups excluding carboxylic acids is 3. The summed E-state index contributed by atoms with van der Waals surface area (Å²) < 4.78 is 13.2. The van der Waals surface area contributed by atoms with Crippen LogP contribution in [0.5, 0.6) is 0 Å². The molecule has 1 aliphatic heterocycles. The molecule has 196 valence electrons. The highest BCUT2D eigenvalue weighted by Crippen LogP contribution is 2.31. The molecule has 0 radical (unpaired) electrons. The van der Waals surface area contributed by atoms with Crippen LogP contribution in [0.25, 0.3) is 11.3 Å². The maximum atomic E-state index is 13.2. The molecule has 1 aliphatic rings. The number of amides is 3. The molecule has 2 heterocycles. The van der Waals surface area contributed by atoms with Gasteiger partial charge < -0.3 is 15.8 Å². The fourth-order valence-electron chi connectivity index (χ4n) is 3.70. The molecule has 4 aromatic rings. The SMILES string of the molecule is O=C(Nc1nc(-c2cccc(N([O-])O)c2)cs1)c1ccc(NC2=C(Cl)C(=O)N(c3ccc(F)cc3)C2=O)cc1. The molecule has 3 amide bonds. The predicted molar refractivity (Wildman–Crippen MR) is 145 cm³/mol. The molecule has 0 aliphatic carbocycles. The molecule has 0 unspecified atom stereocenters. The zero-order chi connectivity index (χ0) is 27.7. The second kappa shape index (κ2) is 10.6. The van der Waals surface area contributed by atoms with E-state index in [-0.39, 0.29) is 27.3 Å². The fourth-order valence-corrected chi connectivity index (χ4v) is 4.63. The molecular formula is C26H16ClFN5O5S-. The molecule has 1 aromatic heterocycles. The monoisotopic (exact) mass is 564 g/mol. The first kappa shape index (κ1) is 26.0. The van der Waals surface area contributed by atoms with Gasteiger partial charge in [0.1, 0.15) is 16.5 Å². The van der Waals surface area contributed by atoms with Crippen molar-refractivity contribution in [3.05, 3.63) is 105 Å². The number of nitrogens with one attached hydrogen (secondary N) is 2. The summed E-state index contributed by atoms with van der Waals surface area (Å²) >= 11 is 7.30. The van der Waals surface area contributed by atoms with Crippen LogP contribution in [0.15, 0.2) is 88.9 Å². The van der Waals surface area contributed by atoms with E-state index in [0.717, 1.165) is 17.0 Å². The lowest BCUT2D eigenvalue weighted by Crippen LogP contribution is -2.32. The topological polar surface area (TPSA) is 138 Å². The zero-order valence-electron chi connectivity index (χ0n) is 19.6. The summed E-state index contributed by atoms with van der Waals surface area (Å²) in [4.78, 5) is 43.3. The highest BCUT2D eigenvalue weighted by Gasteiger charge is 2.39. The van der Waals surface area contributed by atoms with Crippen LogP contribution in [0.3, 0.4) is 0 Å². The smallest absolute Gasteiger partial charge is 0.283 e. The molecule has 0 atom stereocenters. The summed E-state index contributed by atoms with van der Waals surface area (Å²) in [6.07, 6.45) is 0. The van der Waals surface area contributed by atoms with Crippen molar-refractivity contribution < 1.29 is 24.0 Å². The van der Waals surface area contributed by atoms with Gasteiger partial charge in [-0.1, -0.05) is 23.7 Å². The third-order valence-corrected chi connectivity index (χ3v) is 6.72. The number of imide groups is 1. The van der Waals surface area contributed by atoms with Crippen molar-refractivity contribution in [2.45, 2.75) is 0 Å². The number of hydrogen-bond donors (Lipinski definition) is 3. The van der Waals surface area contributed by atoms with Gasteiger partial charge in [-0.25, -0.2) is 14.3 Å². The van der Waals surface area contributed by atoms with Gasteiger partial charge in [-0.15, -0.1) is 11.3 Å². The Labute approximate surface area is 229 Å². The summed E-state index contributed by atoms with van der Waals surface area (Å²) in [5.41, 5.74) is 1.85. The van der Waals surface area contributed by atoms with Crippen molar-refractivity contribution in [2.75, 3.05) is 20.8 Å². The first-order valence-electron chi connectivity index (χ1n) is 11.2. The van der Waals surface area contributed by atoms with Crippen molar-refractivity contribution in [3.63, 3.8) is 0 Å². The third kappa shape index (κ3) is 5.35. The van der Waals surface area contributed by atoms with Gasteiger partial charge in [0.15, 0.2) is 5.13 Å². The number of benzene rings is 3. The lowest BCUT2D eigenvalue weighted by Gasteiger charge is -2.21. The van der Waals surface area contributed by atoms with Crippen LogP contribution in [0.4, 0.5) is 26.6 Å². The Morgan fingerprint density at radius 1 is 1.05 bits per heavy atom. The summed E-state index contributed by atoms with van der Waals surface area (Å²) in [5.74, 6) is -2.41. The van der Waals surface area contributed by atoms with Crippen molar-refractivity contribution in [1.29, 1.82) is 0 Å². The van der Waals surface area contributed by atoms with E-state index in [2.05, 4.69) is 15.6 Å². The minimum Gasteiger partial charge on any atom is -0.733 e. The molecule has 10 nitrogen and oxygen atoms in total. The highest BCUT2D eigenvalue weighted by atomic mass is 35.5. The van der Waals surface area contributed by atoms with Gasteiger partial charge in [0.25, 0.3) is 17.7 Å². The van der Waals surface area contributed by atoms with E-state index in [1.165, 1.54) is 59.9 Å². The predicted octanol–water partition coefficient (Wildman–Crippen LogP) is 5.33. The van der Waals surface area contributed by atoms with Crippen LogP contribution in [0.1, 0.15) is 10.4 Å². The lowest BCUT2D eigenvalue weighted by atomic mass is 10.1. The number of halogens is 2. The van der Waals surface area contributed by atoms with Crippen molar-refractivity contribution in [2.24, 2.45) is 0 Å². The van der Waals surface area contributed by atoms with E-state index in [1.54, 1.807) is 17.5 Å². The normalized spacial score (nSPS) is 13.2. The molecule has 39 heavy (non-hydrogen) atoms. The summed E-state index contributed by atoms with van der Waals surface area (Å²) in [7, 11) is 0. The van der Waals surface area contributed by atoms with Gasteiger partial charge in [0, 0.05) is 22.2 Å². The Morgan fingerprint density at radius 2 is 1.77 bits per heavy atom. The van der Waals surface area contributed by atoms with Gasteiger partial charge in [0.05, 0.1) is 17.1 Å². The van der Waals surface area contributed by atoms with E-state index in [0.29, 0.717) is 27.6 Å². The number of carbonyl (C=O) groups is 3. The van der Waals surface area contributed by atoms with Gasteiger partial charge in [0.2, 0.25) is 0 Å². The lowest BCUT2D eigenvalue weighted by molar-refractivity contribution is -0.120. The van der Waals surface area contributed by atoms with E-state index >= 15 is 0 Å². The van der Waals surface area contributed by atoms with Gasteiger partial charge in [-0.2, -0.15) is 0 Å². The summed E-state index contributed by atoms with van der Waals surface area (Å²) in [6, 6.07) is 17.1. The minimum atomic E-state index is -0.747. The number of aromatic nitrogens is 1. The molecule has 3 aromatic carbocycles. The maximum Gasteiger partial charge on any atom is 0.283 e. The highest BCUT2D eigenvalue weighted by molar-refractivity contribution is 7.14. The maximum absolute atomic E-state index is 13.2. The quantitative estimate of drug-likeness (QED) is 0.202. The summed E-state index contributed by atoms with van der Waals surface area (Å²) in [6.45, 7) is 0. The Bertz CT molecular complexity index is 1620. The van der Waals surface area contributed by atoms with Crippen LogP contribution < -0.4 is 20.8 Å². The average Bonchev–Trinajstić information content (AvgIpc) is 3.48. The zero-order valence-corrected chi connectivity index (χ0v) is 21.2. The Kier molecular flexibility index (Phi) is 7.09. The van der Waals surface area contributed by atoms with Crippen LogP contribution in [-0.2, 0) is 9.59 Å². The van der Waals surface area contributed by atoms with Gasteiger partial charge >= 0.3 is 0 Å². The van der Waals surface area contributed by atoms with Gasteiger partial charge in [-0.05, 0) is 60.7 Å². The number of hydrogen-bond acceptors (Lipinski definition) is 9. The van der Waals surface area contributed by atoms with Crippen LogP contribution in [0.2, 0.25) is 0 Å². The molecule has 3 N–H and O–H groups in total. The number of nitrogens with zero attached hydrogens (tertiary/aromatic N) is 3. The minimum absolute atomic E-state index is 0.0451. The first-order chi connectivity index (χ1) is 18.7. The van der Waals surface area contributed by atoms with Crippen molar-refractivity contribution in [1.82, 2.24) is 4.98 Å². The van der Waals surface area contributed by atoms with Crippen molar-refractivity contribution >= 4 is 62.9 Å². The molecular weight excluding hydrogens is 549 g/mol. The largest absolute Gasteiger partial charge is 0.733 e. The molecule has 0 fully saturated rings. The van der Waals surface area contributed by atoms with Crippen LogP contribution in [-0.4, -0.2) is 27.9 Å². The second-order valence-electron chi connectivity index (χ2n) is 8.13. The molecule has 0 spiro atoms. The third-order valence-electron chi connectivity index (χ3n) is 5.62. The Hall–Kier alpha value is -4.62. The van der Waals surface area contributed by atoms with E-state index in [4.69, 9.17) is 16.8 Å². The van der Waals surface area contributed by atoms with E-state index < -0.39 is 23.5 Å². The molecule has 5 rings (SSSR count). The summed E-state index contributed by atoms with van der Waals surface area (Å²) in [5, 5.41) is 27.2. The number of rotatable bonds is 7. The molecule has 0 saturated heterocycles. The number of thiazole rings is 1. The van der Waals surface area contributed by atoms with Crippen LogP contribution >= 0.6 is 22.9 Å².